The topological polar surface area (TPSA) is 48.9 Å². The molecule has 160 valence electrons. The van der Waals surface area contributed by atoms with E-state index in [4.69, 9.17) is 0 Å². The van der Waals surface area contributed by atoms with E-state index in [1.807, 2.05) is 121 Å². The van der Waals surface area contributed by atoms with E-state index in [0.717, 1.165) is 11.1 Å². The maximum absolute atomic E-state index is 13.9. The van der Waals surface area contributed by atoms with Gasteiger partial charge in [-0.05, 0) is 35.4 Å². The van der Waals surface area contributed by atoms with Crippen LogP contribution in [-0.2, 0) is 6.54 Å². The molecule has 0 aliphatic carbocycles. The van der Waals surface area contributed by atoms with Gasteiger partial charge in [0.05, 0.1) is 11.4 Å². The molecule has 0 N–H and O–H groups in total. The molecule has 33 heavy (non-hydrogen) atoms. The molecule has 0 bridgehead atoms. The van der Waals surface area contributed by atoms with Gasteiger partial charge in [-0.2, -0.15) is 4.57 Å². The number of hydrogen-bond donors (Lipinski definition) is 0. The number of para-hydroxylation sites is 1. The number of nitrogens with zero attached hydrogens (tertiary/aromatic N) is 2. The average molecular weight is 431 g/mol. The molecule has 1 heterocycles. The Kier molecular flexibility index (Phi) is 5.56. The maximum atomic E-state index is 13.9. The minimum Gasteiger partial charge on any atom is -0.842 e. The zero-order valence-corrected chi connectivity index (χ0v) is 18.0. The first-order valence-electron chi connectivity index (χ1n) is 10.8. The molecule has 0 aliphatic rings. The van der Waals surface area contributed by atoms with Gasteiger partial charge in [-0.3, -0.25) is 0 Å². The number of benzene rings is 4. The van der Waals surface area contributed by atoms with Gasteiger partial charge in [0.25, 0.3) is 5.82 Å². The van der Waals surface area contributed by atoms with Gasteiger partial charge in [0, 0.05) is 0 Å². The first-order valence-corrected chi connectivity index (χ1v) is 10.8. The number of aromatic nitrogens is 2. The van der Waals surface area contributed by atoms with E-state index in [-0.39, 0.29) is 17.0 Å². The first kappa shape index (κ1) is 20.5. The third kappa shape index (κ3) is 3.94. The molecule has 1 aromatic heterocycles. The van der Waals surface area contributed by atoms with Crippen LogP contribution in [0.3, 0.4) is 0 Å². The van der Waals surface area contributed by atoms with E-state index in [0.29, 0.717) is 23.6 Å². The summed E-state index contributed by atoms with van der Waals surface area (Å²) in [6.07, 6.45) is 0. The summed E-state index contributed by atoms with van der Waals surface area (Å²) >= 11 is 0. The maximum Gasteiger partial charge on any atom is 0.350 e. The molecule has 4 aromatic carbocycles. The normalized spacial score (nSPS) is 10.8. The fourth-order valence-electron chi connectivity index (χ4n) is 4.10. The zero-order valence-electron chi connectivity index (χ0n) is 18.0. The van der Waals surface area contributed by atoms with Gasteiger partial charge in [-0.25, -0.2) is 9.36 Å². The molecule has 0 saturated heterocycles. The average Bonchev–Trinajstić information content (AvgIpc) is 2.88. The van der Waals surface area contributed by atoms with Crippen molar-refractivity contribution < 1.29 is 9.67 Å². The summed E-state index contributed by atoms with van der Waals surface area (Å²) in [6.45, 7) is 0.344. The van der Waals surface area contributed by atoms with Crippen LogP contribution in [0.1, 0.15) is 5.56 Å². The van der Waals surface area contributed by atoms with Crippen molar-refractivity contribution in [3.8, 4) is 34.1 Å². The number of hydrogen-bond acceptors (Lipinski definition) is 2. The number of rotatable bonds is 5. The molecule has 4 nitrogen and oxygen atoms in total. The van der Waals surface area contributed by atoms with Gasteiger partial charge < -0.3 is 5.11 Å². The van der Waals surface area contributed by atoms with Crippen LogP contribution in [0.25, 0.3) is 28.2 Å². The Hall–Kier alpha value is -4.44. The van der Waals surface area contributed by atoms with Crippen molar-refractivity contribution in [2.75, 3.05) is 0 Å². The summed E-state index contributed by atoms with van der Waals surface area (Å²) < 4.78 is 3.36. The molecule has 5 aromatic rings. The second kappa shape index (κ2) is 8.97. The quantitative estimate of drug-likeness (QED) is 0.383. The molecular weight excluding hydrogens is 408 g/mol. The molecule has 0 aliphatic heterocycles. The second-order valence-corrected chi connectivity index (χ2v) is 7.78. The zero-order chi connectivity index (χ0) is 22.6. The molecule has 0 radical (unpaired) electrons. The second-order valence-electron chi connectivity index (χ2n) is 7.78. The van der Waals surface area contributed by atoms with Crippen molar-refractivity contribution in [2.24, 2.45) is 0 Å². The highest BCUT2D eigenvalue weighted by Gasteiger charge is 2.28. The van der Waals surface area contributed by atoms with E-state index >= 15 is 0 Å². The minimum atomic E-state index is -0.333. The molecule has 0 unspecified atom stereocenters. The third-order valence-corrected chi connectivity index (χ3v) is 5.64. The fraction of sp³-hybridized carbons (Fsp3) is 0.0345. The van der Waals surface area contributed by atoms with Crippen molar-refractivity contribution in [1.29, 1.82) is 0 Å². The van der Waals surface area contributed by atoms with Crippen molar-refractivity contribution >= 4 is 0 Å². The monoisotopic (exact) mass is 430 g/mol. The lowest BCUT2D eigenvalue weighted by Gasteiger charge is -2.21. The molecule has 0 spiro atoms. The Morgan fingerprint density at radius 1 is 0.636 bits per heavy atom. The van der Waals surface area contributed by atoms with Gasteiger partial charge in [0.1, 0.15) is 17.8 Å². The molecular formula is C29H22N2O2. The predicted molar refractivity (Wildman–Crippen MR) is 128 cm³/mol. The molecule has 4 heteroatoms. The predicted octanol–water partition coefficient (Wildman–Crippen LogP) is 4.58. The third-order valence-electron chi connectivity index (χ3n) is 5.64. The molecule has 5 rings (SSSR count). The van der Waals surface area contributed by atoms with Crippen LogP contribution in [0.4, 0.5) is 0 Å². The lowest BCUT2D eigenvalue weighted by Crippen LogP contribution is -2.47. The van der Waals surface area contributed by atoms with Crippen molar-refractivity contribution in [2.45, 2.75) is 6.54 Å². The molecule has 0 fully saturated rings. The Bertz CT molecular complexity index is 1430. The summed E-state index contributed by atoms with van der Waals surface area (Å²) in [5.74, 6) is 0.251. The van der Waals surface area contributed by atoms with Crippen LogP contribution in [-0.4, -0.2) is 4.57 Å². The van der Waals surface area contributed by atoms with Gasteiger partial charge >= 0.3 is 5.56 Å². The van der Waals surface area contributed by atoms with Gasteiger partial charge in [0.15, 0.2) is 0 Å². The lowest BCUT2D eigenvalue weighted by molar-refractivity contribution is -0.721. The van der Waals surface area contributed by atoms with E-state index in [2.05, 4.69) is 0 Å². The van der Waals surface area contributed by atoms with Crippen LogP contribution in [0.5, 0.6) is 5.88 Å². The SMILES string of the molecule is O=c1c(-c2ccccc2)c([O-])[n+](Cc2ccccc2)c(-c2ccccc2)n1-c1ccccc1. The summed E-state index contributed by atoms with van der Waals surface area (Å²) in [7, 11) is 0. The summed E-state index contributed by atoms with van der Waals surface area (Å²) in [6, 6.07) is 38.1. The Morgan fingerprint density at radius 3 is 1.70 bits per heavy atom. The standard InChI is InChI=1S/C29H22N2O2/c32-28-26(23-15-7-2-8-16-23)29(33)31(25-19-11-4-12-20-25)27(24-17-9-3-10-18-24)30(28)21-22-13-5-1-6-14-22/h1-20H,21H2. The highest BCUT2D eigenvalue weighted by Crippen LogP contribution is 2.26. The Labute approximate surface area is 192 Å². The summed E-state index contributed by atoms with van der Waals surface area (Å²) in [5, 5.41) is 13.9. The largest absolute Gasteiger partial charge is 0.842 e. The van der Waals surface area contributed by atoms with Crippen molar-refractivity contribution in [3.63, 3.8) is 0 Å². The van der Waals surface area contributed by atoms with E-state index < -0.39 is 0 Å². The minimum absolute atomic E-state index is 0.162. The van der Waals surface area contributed by atoms with Crippen molar-refractivity contribution in [3.05, 3.63) is 137 Å². The summed E-state index contributed by atoms with van der Waals surface area (Å²) in [5.41, 5.74) is 2.93. The van der Waals surface area contributed by atoms with Gasteiger partial charge in [-0.15, -0.1) is 0 Å². The van der Waals surface area contributed by atoms with Crippen LogP contribution < -0.4 is 15.2 Å². The highest BCUT2D eigenvalue weighted by atomic mass is 16.3. The van der Waals surface area contributed by atoms with E-state index in [1.54, 1.807) is 9.13 Å². The molecule has 0 saturated carbocycles. The smallest absolute Gasteiger partial charge is 0.350 e. The molecule has 0 amide bonds. The fourth-order valence-corrected chi connectivity index (χ4v) is 4.10. The van der Waals surface area contributed by atoms with Crippen LogP contribution in [0.2, 0.25) is 0 Å². The Morgan fingerprint density at radius 2 is 1.12 bits per heavy atom. The van der Waals surface area contributed by atoms with Crippen molar-refractivity contribution in [1.82, 2.24) is 4.57 Å². The lowest BCUT2D eigenvalue weighted by atomic mass is 10.1. The van der Waals surface area contributed by atoms with Crippen LogP contribution >= 0.6 is 0 Å². The van der Waals surface area contributed by atoms with Crippen LogP contribution in [0, 0.1) is 0 Å². The summed E-state index contributed by atoms with van der Waals surface area (Å²) in [4.78, 5) is 13.9. The Balaban J connectivity index is 1.91. The highest BCUT2D eigenvalue weighted by molar-refractivity contribution is 5.68. The first-order chi connectivity index (χ1) is 16.2. The van der Waals surface area contributed by atoms with E-state index in [9.17, 15) is 9.90 Å². The molecule has 0 atom stereocenters. The van der Waals surface area contributed by atoms with Gasteiger partial charge in [0.2, 0.25) is 0 Å². The van der Waals surface area contributed by atoms with Crippen LogP contribution in [0.15, 0.2) is 126 Å². The van der Waals surface area contributed by atoms with E-state index in [1.165, 1.54) is 0 Å². The van der Waals surface area contributed by atoms with Gasteiger partial charge in [-0.1, -0.05) is 97.1 Å².